The van der Waals surface area contributed by atoms with E-state index in [0.717, 1.165) is 24.4 Å². The Hall–Kier alpha value is -0.180. The van der Waals surface area contributed by atoms with Crippen LogP contribution in [0.5, 0.6) is 0 Å². The van der Waals surface area contributed by atoms with Crippen LogP contribution in [0.3, 0.4) is 0 Å². The van der Waals surface area contributed by atoms with Crippen molar-refractivity contribution >= 4 is 16.9 Å². The van der Waals surface area contributed by atoms with E-state index in [9.17, 15) is 0 Å². The summed E-state index contributed by atoms with van der Waals surface area (Å²) in [6, 6.07) is 0.741. The average Bonchev–Trinajstić information content (AvgIpc) is 2.71. The van der Waals surface area contributed by atoms with Crippen molar-refractivity contribution < 1.29 is 0 Å². The van der Waals surface area contributed by atoms with Crippen molar-refractivity contribution in [3.05, 3.63) is 0 Å². The van der Waals surface area contributed by atoms with Crippen LogP contribution in [0.2, 0.25) is 0 Å². The molecule has 0 aromatic carbocycles. The summed E-state index contributed by atoms with van der Waals surface area (Å²) in [5, 5.41) is 4.83. The van der Waals surface area contributed by atoms with E-state index in [1.807, 2.05) is 11.8 Å². The van der Waals surface area contributed by atoms with Gasteiger partial charge < -0.3 is 5.32 Å². The maximum atomic E-state index is 4.68. The van der Waals surface area contributed by atoms with Gasteiger partial charge >= 0.3 is 0 Å². The van der Waals surface area contributed by atoms with Crippen molar-refractivity contribution in [3.8, 4) is 0 Å². The lowest BCUT2D eigenvalue weighted by atomic mass is 10.1. The van der Waals surface area contributed by atoms with Gasteiger partial charge in [0.15, 0.2) is 5.17 Å². The van der Waals surface area contributed by atoms with Gasteiger partial charge in [-0.3, -0.25) is 4.99 Å². The largest absolute Gasteiger partial charge is 0.362 e. The first-order valence-corrected chi connectivity index (χ1v) is 7.68. The minimum absolute atomic E-state index is 0.741. The fourth-order valence-electron chi connectivity index (χ4n) is 2.58. The van der Waals surface area contributed by atoms with E-state index in [-0.39, 0.29) is 0 Å². The molecule has 16 heavy (non-hydrogen) atoms. The highest BCUT2D eigenvalue weighted by molar-refractivity contribution is 8.13. The van der Waals surface area contributed by atoms with Crippen LogP contribution in [0.15, 0.2) is 4.99 Å². The smallest absolute Gasteiger partial charge is 0.156 e. The molecule has 0 aromatic heterocycles. The lowest BCUT2D eigenvalue weighted by Crippen LogP contribution is -2.41. The van der Waals surface area contributed by atoms with Crippen molar-refractivity contribution in [1.29, 1.82) is 0 Å². The Balaban J connectivity index is 1.71. The Bertz CT molecular complexity index is 250. The maximum Gasteiger partial charge on any atom is 0.156 e. The van der Waals surface area contributed by atoms with E-state index in [1.54, 1.807) is 0 Å². The predicted molar refractivity (Wildman–Crippen MR) is 73.1 cm³/mol. The monoisotopic (exact) mass is 240 g/mol. The van der Waals surface area contributed by atoms with Gasteiger partial charge in [-0.05, 0) is 37.5 Å². The van der Waals surface area contributed by atoms with Gasteiger partial charge in [0.25, 0.3) is 0 Å². The lowest BCUT2D eigenvalue weighted by molar-refractivity contribution is 0.489. The average molecular weight is 240 g/mol. The van der Waals surface area contributed by atoms with Crippen molar-refractivity contribution in [2.75, 3.05) is 12.3 Å². The molecule has 92 valence electrons. The molecule has 2 unspecified atom stereocenters. The second-order valence-corrected chi connectivity index (χ2v) is 6.48. The van der Waals surface area contributed by atoms with Gasteiger partial charge in [0.05, 0.1) is 0 Å². The normalized spacial score (nSPS) is 31.8. The first kappa shape index (κ1) is 12.3. The molecule has 2 fully saturated rings. The molecule has 1 aliphatic heterocycles. The highest BCUT2D eigenvalue weighted by atomic mass is 32.2. The third-order valence-electron chi connectivity index (χ3n) is 3.60. The summed E-state index contributed by atoms with van der Waals surface area (Å²) in [6.45, 7) is 5.57. The third-order valence-corrected chi connectivity index (χ3v) is 4.71. The van der Waals surface area contributed by atoms with Gasteiger partial charge in [0.1, 0.15) is 0 Å². The molecule has 1 saturated carbocycles. The molecule has 2 atom stereocenters. The van der Waals surface area contributed by atoms with Crippen LogP contribution in [0.25, 0.3) is 0 Å². The predicted octanol–water partition coefficient (Wildman–Crippen LogP) is 3.28. The first-order chi connectivity index (χ1) is 7.75. The first-order valence-electron chi connectivity index (χ1n) is 6.69. The quantitative estimate of drug-likeness (QED) is 0.763. The zero-order valence-corrected chi connectivity index (χ0v) is 11.4. The summed E-state index contributed by atoms with van der Waals surface area (Å²) >= 11 is 1.94. The molecule has 1 N–H and O–H groups in total. The molecule has 1 aliphatic carbocycles. The van der Waals surface area contributed by atoms with Crippen molar-refractivity contribution in [1.82, 2.24) is 5.32 Å². The molecule has 2 aliphatic rings. The number of nitrogens with one attached hydrogen (secondary N) is 1. The van der Waals surface area contributed by atoms with E-state index in [4.69, 9.17) is 0 Å². The van der Waals surface area contributed by atoms with Crippen molar-refractivity contribution in [2.45, 2.75) is 52.0 Å². The van der Waals surface area contributed by atoms with Gasteiger partial charge in [0.2, 0.25) is 0 Å². The van der Waals surface area contributed by atoms with Gasteiger partial charge in [-0.25, -0.2) is 0 Å². The molecule has 0 amide bonds. The van der Waals surface area contributed by atoms with Crippen LogP contribution in [-0.4, -0.2) is 23.5 Å². The number of rotatable bonds is 4. The zero-order chi connectivity index (χ0) is 11.4. The number of amidine groups is 1. The molecule has 0 spiro atoms. The summed E-state index contributed by atoms with van der Waals surface area (Å²) in [4.78, 5) is 4.68. The molecular formula is C13H24N2S. The third kappa shape index (κ3) is 3.41. The fraction of sp³-hybridized carbons (Fsp3) is 0.923. The van der Waals surface area contributed by atoms with E-state index in [2.05, 4.69) is 24.2 Å². The van der Waals surface area contributed by atoms with Crippen LogP contribution in [0.1, 0.15) is 46.0 Å². The Morgan fingerprint density at radius 1 is 1.44 bits per heavy atom. The van der Waals surface area contributed by atoms with Gasteiger partial charge in [0, 0.05) is 18.3 Å². The zero-order valence-electron chi connectivity index (χ0n) is 10.5. The summed E-state index contributed by atoms with van der Waals surface area (Å²) < 4.78 is 0. The van der Waals surface area contributed by atoms with Crippen molar-refractivity contribution in [3.63, 3.8) is 0 Å². The Morgan fingerprint density at radius 2 is 2.31 bits per heavy atom. The number of thioether (sulfide) groups is 1. The van der Waals surface area contributed by atoms with Crippen LogP contribution >= 0.6 is 11.8 Å². The lowest BCUT2D eigenvalue weighted by Gasteiger charge is -2.28. The molecule has 0 aromatic rings. The summed E-state index contributed by atoms with van der Waals surface area (Å²) in [6.07, 6.45) is 6.72. The van der Waals surface area contributed by atoms with E-state index >= 15 is 0 Å². The van der Waals surface area contributed by atoms with E-state index < -0.39 is 0 Å². The van der Waals surface area contributed by atoms with E-state index in [1.165, 1.54) is 43.0 Å². The van der Waals surface area contributed by atoms with Gasteiger partial charge in [-0.1, -0.05) is 32.0 Å². The number of hydrogen-bond acceptors (Lipinski definition) is 2. The number of aliphatic imine (C=N–C) groups is 1. The highest BCUT2D eigenvalue weighted by Crippen LogP contribution is 2.32. The number of fused-ring (bicyclic) bond motifs is 1. The second-order valence-electron chi connectivity index (χ2n) is 5.48. The minimum Gasteiger partial charge on any atom is -0.362 e. The van der Waals surface area contributed by atoms with Crippen molar-refractivity contribution in [2.24, 2.45) is 16.8 Å². The van der Waals surface area contributed by atoms with E-state index in [0.29, 0.717) is 0 Å². The Morgan fingerprint density at radius 3 is 3.12 bits per heavy atom. The summed E-state index contributed by atoms with van der Waals surface area (Å²) in [5.74, 6) is 3.02. The van der Waals surface area contributed by atoms with Crippen LogP contribution < -0.4 is 5.32 Å². The molecule has 2 rings (SSSR count). The maximum absolute atomic E-state index is 4.68. The minimum atomic E-state index is 0.741. The topological polar surface area (TPSA) is 24.4 Å². The molecule has 0 radical (unpaired) electrons. The van der Waals surface area contributed by atoms with Gasteiger partial charge in [-0.2, -0.15) is 0 Å². The Labute approximate surface area is 104 Å². The van der Waals surface area contributed by atoms with Crippen LogP contribution in [0.4, 0.5) is 0 Å². The summed E-state index contributed by atoms with van der Waals surface area (Å²) in [5.41, 5.74) is 0. The van der Waals surface area contributed by atoms with Crippen LogP contribution in [0, 0.1) is 11.8 Å². The molecule has 1 heterocycles. The summed E-state index contributed by atoms with van der Waals surface area (Å²) in [7, 11) is 0. The molecule has 0 bridgehead atoms. The molecule has 2 nitrogen and oxygen atoms in total. The SMILES string of the molecule is CC(C)CCCN=C1NC2CCCC2CS1. The van der Waals surface area contributed by atoms with Gasteiger partial charge in [-0.15, -0.1) is 0 Å². The molecule has 1 saturated heterocycles. The Kier molecular flexibility index (Phi) is 4.56. The van der Waals surface area contributed by atoms with Crippen LogP contribution in [-0.2, 0) is 0 Å². The number of nitrogens with zero attached hydrogens (tertiary/aromatic N) is 1. The fourth-order valence-corrected chi connectivity index (χ4v) is 3.77. The molecular weight excluding hydrogens is 216 g/mol. The highest BCUT2D eigenvalue weighted by Gasteiger charge is 2.31. The number of hydrogen-bond donors (Lipinski definition) is 1. The standard InChI is InChI=1S/C13H24N2S/c1-10(2)5-4-8-14-13-15-12-7-3-6-11(12)9-16-13/h10-12H,3-9H2,1-2H3,(H,14,15). The molecule has 3 heteroatoms. The second kappa shape index (κ2) is 5.95.